The van der Waals surface area contributed by atoms with Crippen molar-refractivity contribution in [3.63, 3.8) is 0 Å². The molecule has 2 aliphatic heterocycles. The van der Waals surface area contributed by atoms with E-state index in [2.05, 4.69) is 17.3 Å². The van der Waals surface area contributed by atoms with Crippen molar-refractivity contribution in [1.29, 1.82) is 0 Å². The van der Waals surface area contributed by atoms with Gasteiger partial charge in [0.1, 0.15) is 5.75 Å². The van der Waals surface area contributed by atoms with Crippen LogP contribution >= 0.6 is 0 Å². The molecule has 0 aromatic heterocycles. The van der Waals surface area contributed by atoms with Crippen LogP contribution in [0, 0.1) is 0 Å². The molecule has 1 N–H and O–H groups in total. The van der Waals surface area contributed by atoms with Gasteiger partial charge in [-0.25, -0.2) is 4.79 Å². The molecule has 0 radical (unpaired) electrons. The third kappa shape index (κ3) is 4.09. The van der Waals surface area contributed by atoms with E-state index in [1.165, 1.54) is 0 Å². The number of benzene rings is 1. The minimum absolute atomic E-state index is 0.0190. The predicted octanol–water partition coefficient (Wildman–Crippen LogP) is 1.54. The molecular formula is C19H28N4O3. The van der Waals surface area contributed by atoms with E-state index in [0.29, 0.717) is 18.7 Å². The van der Waals surface area contributed by atoms with Crippen LogP contribution in [-0.2, 0) is 4.79 Å². The largest absolute Gasteiger partial charge is 0.497 e. The second kappa shape index (κ2) is 7.95. The van der Waals surface area contributed by atoms with Gasteiger partial charge >= 0.3 is 6.03 Å². The summed E-state index contributed by atoms with van der Waals surface area (Å²) in [6, 6.07) is 7.43. The zero-order valence-electron chi connectivity index (χ0n) is 15.8. The number of nitrogens with zero attached hydrogens (tertiary/aromatic N) is 3. The Bertz CT molecular complexity index is 658. The summed E-state index contributed by atoms with van der Waals surface area (Å²) in [5.74, 6) is 0.732. The van der Waals surface area contributed by atoms with Gasteiger partial charge in [-0.2, -0.15) is 0 Å². The number of urea groups is 1. The molecule has 0 saturated carbocycles. The number of likely N-dealkylation sites (tertiary alicyclic amines) is 1. The lowest BCUT2D eigenvalue weighted by atomic mass is 10.0. The van der Waals surface area contributed by atoms with E-state index in [1.54, 1.807) is 16.9 Å². The highest BCUT2D eigenvalue weighted by molar-refractivity contribution is 5.97. The summed E-state index contributed by atoms with van der Waals surface area (Å²) in [6.07, 6.45) is 2.30. The summed E-state index contributed by atoms with van der Waals surface area (Å²) in [5, 5.41) is 3.03. The minimum atomic E-state index is -0.171. The van der Waals surface area contributed by atoms with Gasteiger partial charge in [0.25, 0.3) is 0 Å². The van der Waals surface area contributed by atoms with Gasteiger partial charge in [0, 0.05) is 37.8 Å². The first-order chi connectivity index (χ1) is 12.5. The lowest BCUT2D eigenvalue weighted by Crippen LogP contribution is -2.50. The van der Waals surface area contributed by atoms with Crippen LogP contribution in [0.4, 0.5) is 10.5 Å². The maximum absolute atomic E-state index is 12.6. The summed E-state index contributed by atoms with van der Waals surface area (Å²) in [7, 11) is 5.56. The monoisotopic (exact) mass is 360 g/mol. The normalized spacial score (nSPS) is 21.7. The number of methoxy groups -OCH3 is 1. The van der Waals surface area contributed by atoms with Crippen molar-refractivity contribution in [2.45, 2.75) is 31.3 Å². The summed E-state index contributed by atoms with van der Waals surface area (Å²) < 4.78 is 5.23. The third-order valence-electron chi connectivity index (χ3n) is 5.37. The van der Waals surface area contributed by atoms with Gasteiger partial charge in [-0.3, -0.25) is 4.79 Å². The molecule has 1 aromatic carbocycles. The maximum atomic E-state index is 12.6. The molecule has 2 aliphatic rings. The molecule has 2 saturated heterocycles. The van der Waals surface area contributed by atoms with Crippen molar-refractivity contribution in [2.24, 2.45) is 0 Å². The number of hydrogen-bond acceptors (Lipinski definition) is 4. The first-order valence-corrected chi connectivity index (χ1v) is 9.14. The van der Waals surface area contributed by atoms with Gasteiger partial charge in [-0.15, -0.1) is 0 Å². The van der Waals surface area contributed by atoms with Gasteiger partial charge in [0.05, 0.1) is 13.2 Å². The van der Waals surface area contributed by atoms with Crippen LogP contribution in [-0.4, -0.2) is 74.7 Å². The molecular weight excluding hydrogens is 332 g/mol. The van der Waals surface area contributed by atoms with Gasteiger partial charge < -0.3 is 24.8 Å². The quantitative estimate of drug-likeness (QED) is 0.885. The van der Waals surface area contributed by atoms with E-state index in [-0.39, 0.29) is 24.0 Å². The molecule has 1 aromatic rings. The molecule has 0 spiro atoms. The average molecular weight is 360 g/mol. The van der Waals surface area contributed by atoms with E-state index in [4.69, 9.17) is 4.74 Å². The first kappa shape index (κ1) is 18.5. The third-order valence-corrected chi connectivity index (χ3v) is 5.37. The van der Waals surface area contributed by atoms with Crippen LogP contribution in [0.25, 0.3) is 0 Å². The number of carbonyl (C=O) groups is 2. The van der Waals surface area contributed by atoms with Crippen LogP contribution in [0.1, 0.15) is 19.3 Å². The Morgan fingerprint density at radius 1 is 1.31 bits per heavy atom. The van der Waals surface area contributed by atoms with E-state index in [0.717, 1.165) is 31.6 Å². The molecule has 3 amide bonds. The van der Waals surface area contributed by atoms with E-state index < -0.39 is 0 Å². The summed E-state index contributed by atoms with van der Waals surface area (Å²) in [5.41, 5.74) is 0.801. The highest BCUT2D eigenvalue weighted by atomic mass is 16.5. The zero-order valence-corrected chi connectivity index (χ0v) is 15.8. The number of carbonyl (C=O) groups excluding carboxylic acids is 2. The highest BCUT2D eigenvalue weighted by Gasteiger charge is 2.33. The Kier molecular flexibility index (Phi) is 5.66. The Balaban J connectivity index is 1.57. The lowest BCUT2D eigenvalue weighted by Gasteiger charge is -2.35. The lowest BCUT2D eigenvalue weighted by molar-refractivity contribution is -0.117. The van der Waals surface area contributed by atoms with Crippen LogP contribution < -0.4 is 15.0 Å². The van der Waals surface area contributed by atoms with E-state index >= 15 is 0 Å². The number of hydrogen-bond donors (Lipinski definition) is 1. The van der Waals surface area contributed by atoms with Gasteiger partial charge in [0.15, 0.2) is 0 Å². The highest BCUT2D eigenvalue weighted by Crippen LogP contribution is 2.25. The second-order valence-corrected chi connectivity index (χ2v) is 7.20. The van der Waals surface area contributed by atoms with Crippen molar-refractivity contribution in [1.82, 2.24) is 15.1 Å². The van der Waals surface area contributed by atoms with Crippen LogP contribution in [0.15, 0.2) is 24.3 Å². The zero-order chi connectivity index (χ0) is 18.7. The maximum Gasteiger partial charge on any atom is 0.317 e. The topological polar surface area (TPSA) is 65.1 Å². The first-order valence-electron chi connectivity index (χ1n) is 9.14. The van der Waals surface area contributed by atoms with E-state index in [9.17, 15) is 9.59 Å². The van der Waals surface area contributed by atoms with Crippen molar-refractivity contribution < 1.29 is 14.3 Å². The fraction of sp³-hybridized carbons (Fsp3) is 0.579. The van der Waals surface area contributed by atoms with Crippen molar-refractivity contribution in [2.75, 3.05) is 45.7 Å². The number of nitrogens with one attached hydrogen (secondary N) is 1. The van der Waals surface area contributed by atoms with Crippen molar-refractivity contribution in [3.05, 3.63) is 24.3 Å². The summed E-state index contributed by atoms with van der Waals surface area (Å²) in [4.78, 5) is 30.8. The molecule has 0 aliphatic carbocycles. The predicted molar refractivity (Wildman–Crippen MR) is 101 cm³/mol. The Labute approximate surface area is 154 Å². The summed E-state index contributed by atoms with van der Waals surface area (Å²) in [6.45, 7) is 2.50. The SMILES string of the molecule is COc1cccc(N2C[C@H](NC(=O)N(C)C3CCN(C)CC3)CC2=O)c1. The molecule has 2 fully saturated rings. The van der Waals surface area contributed by atoms with Crippen molar-refractivity contribution in [3.8, 4) is 5.75 Å². The fourth-order valence-electron chi connectivity index (χ4n) is 3.66. The molecule has 142 valence electrons. The Hall–Kier alpha value is -2.28. The smallest absolute Gasteiger partial charge is 0.317 e. The minimum Gasteiger partial charge on any atom is -0.497 e. The molecule has 7 heteroatoms. The number of rotatable bonds is 4. The molecule has 1 atom stereocenters. The van der Waals surface area contributed by atoms with Crippen molar-refractivity contribution >= 4 is 17.6 Å². The summed E-state index contributed by atoms with van der Waals surface area (Å²) >= 11 is 0. The Morgan fingerprint density at radius 2 is 2.04 bits per heavy atom. The Morgan fingerprint density at radius 3 is 2.73 bits per heavy atom. The number of piperidine rings is 1. The molecule has 0 unspecified atom stereocenters. The average Bonchev–Trinajstić information content (AvgIpc) is 3.02. The molecule has 26 heavy (non-hydrogen) atoms. The van der Waals surface area contributed by atoms with Crippen LogP contribution in [0.5, 0.6) is 5.75 Å². The molecule has 3 rings (SSSR count). The van der Waals surface area contributed by atoms with Crippen LogP contribution in [0.3, 0.4) is 0 Å². The molecule has 0 bridgehead atoms. The van der Waals surface area contributed by atoms with Gasteiger partial charge in [-0.05, 0) is 45.1 Å². The van der Waals surface area contributed by atoms with Gasteiger partial charge in [-0.1, -0.05) is 6.07 Å². The van der Waals surface area contributed by atoms with Crippen LogP contribution in [0.2, 0.25) is 0 Å². The molecule has 2 heterocycles. The number of amides is 3. The standard InChI is InChI=1S/C19H28N4O3/c1-21-9-7-15(8-10-21)22(2)19(25)20-14-11-18(24)23(13-14)16-5-4-6-17(12-16)26-3/h4-6,12,14-15H,7-11,13H2,1-3H3,(H,20,25)/t14-/m1/s1. The second-order valence-electron chi connectivity index (χ2n) is 7.20. The van der Waals surface area contributed by atoms with Gasteiger partial charge in [0.2, 0.25) is 5.91 Å². The van der Waals surface area contributed by atoms with E-state index in [1.807, 2.05) is 31.3 Å². The fourth-order valence-corrected chi connectivity index (χ4v) is 3.66. The number of ether oxygens (including phenoxy) is 1. The number of anilines is 1. The molecule has 7 nitrogen and oxygen atoms in total.